The molecule has 2 nitrogen and oxygen atoms in total. The Morgan fingerprint density at radius 3 is 2.36 bits per heavy atom. The normalized spacial score (nSPS) is 10.9. The molecule has 0 amide bonds. The van der Waals surface area contributed by atoms with Crippen molar-refractivity contribution >= 4 is 0 Å². The van der Waals surface area contributed by atoms with Gasteiger partial charge in [-0.2, -0.15) is 0 Å². The molecule has 1 aromatic carbocycles. The number of aryl methyl sites for hydroxylation is 1. The molecular formula is C12H19NO. The van der Waals surface area contributed by atoms with Crippen molar-refractivity contribution in [1.29, 1.82) is 0 Å². The summed E-state index contributed by atoms with van der Waals surface area (Å²) in [6.45, 7) is 5.04. The molecule has 0 bridgehead atoms. The van der Waals surface area contributed by atoms with E-state index in [4.69, 9.17) is 5.90 Å². The monoisotopic (exact) mass is 193 g/mol. The second-order valence-electron chi connectivity index (χ2n) is 3.87. The van der Waals surface area contributed by atoms with Crippen molar-refractivity contribution in [3.63, 3.8) is 0 Å². The molecule has 0 atom stereocenters. The average Bonchev–Trinajstić information content (AvgIpc) is 2.19. The van der Waals surface area contributed by atoms with E-state index in [-0.39, 0.29) is 0 Å². The summed E-state index contributed by atoms with van der Waals surface area (Å²) in [5.41, 5.74) is 2.75. The fourth-order valence-corrected chi connectivity index (χ4v) is 1.43. The van der Waals surface area contributed by atoms with E-state index < -0.39 is 0 Å². The van der Waals surface area contributed by atoms with E-state index in [0.29, 0.717) is 12.5 Å². The summed E-state index contributed by atoms with van der Waals surface area (Å²) in [4.78, 5) is 4.53. The lowest BCUT2D eigenvalue weighted by Crippen LogP contribution is -2.01. The van der Waals surface area contributed by atoms with Crippen molar-refractivity contribution in [2.45, 2.75) is 32.6 Å². The molecule has 0 aliphatic carbocycles. The molecule has 2 heteroatoms. The first kappa shape index (κ1) is 11.2. The van der Waals surface area contributed by atoms with Gasteiger partial charge in [0.25, 0.3) is 0 Å². The minimum atomic E-state index is 0.608. The van der Waals surface area contributed by atoms with Crippen molar-refractivity contribution in [3.05, 3.63) is 35.4 Å². The summed E-state index contributed by atoms with van der Waals surface area (Å²) in [5, 5.41) is 0. The fourth-order valence-electron chi connectivity index (χ4n) is 1.43. The minimum absolute atomic E-state index is 0.608. The Morgan fingerprint density at radius 1 is 1.21 bits per heavy atom. The molecule has 0 aromatic heterocycles. The Hall–Kier alpha value is -0.860. The zero-order valence-electron chi connectivity index (χ0n) is 8.99. The molecule has 1 aromatic rings. The molecule has 0 aliphatic rings. The van der Waals surface area contributed by atoms with Gasteiger partial charge in [0.2, 0.25) is 0 Å². The standard InChI is InChI=1S/C12H19NO/c1-10(2)12-7-5-11(6-8-12)4-3-9-14-13/h5-8,10H,3-4,9,13H2,1-2H3. The maximum atomic E-state index is 4.96. The first-order chi connectivity index (χ1) is 6.74. The Kier molecular flexibility index (Phi) is 4.63. The van der Waals surface area contributed by atoms with Crippen LogP contribution in [0.25, 0.3) is 0 Å². The quantitative estimate of drug-likeness (QED) is 0.576. The third-order valence-electron chi connectivity index (χ3n) is 2.37. The van der Waals surface area contributed by atoms with Crippen molar-refractivity contribution < 1.29 is 4.84 Å². The predicted molar refractivity (Wildman–Crippen MR) is 59.0 cm³/mol. The van der Waals surface area contributed by atoms with Crippen LogP contribution in [0.2, 0.25) is 0 Å². The Balaban J connectivity index is 2.47. The average molecular weight is 193 g/mol. The summed E-state index contributed by atoms with van der Waals surface area (Å²) in [6, 6.07) is 8.77. The van der Waals surface area contributed by atoms with Crippen molar-refractivity contribution in [2.75, 3.05) is 6.61 Å². The molecule has 0 heterocycles. The molecule has 14 heavy (non-hydrogen) atoms. The van der Waals surface area contributed by atoms with Crippen LogP contribution in [0.5, 0.6) is 0 Å². The highest BCUT2D eigenvalue weighted by Crippen LogP contribution is 2.15. The molecule has 2 N–H and O–H groups in total. The summed E-state index contributed by atoms with van der Waals surface area (Å²) in [7, 11) is 0. The van der Waals surface area contributed by atoms with E-state index in [2.05, 4.69) is 43.0 Å². The minimum Gasteiger partial charge on any atom is -0.305 e. The van der Waals surface area contributed by atoms with Gasteiger partial charge in [-0.3, -0.25) is 0 Å². The van der Waals surface area contributed by atoms with Gasteiger partial charge in [0.05, 0.1) is 6.61 Å². The first-order valence-corrected chi connectivity index (χ1v) is 5.14. The lowest BCUT2D eigenvalue weighted by atomic mass is 10.0. The van der Waals surface area contributed by atoms with Gasteiger partial charge in [0, 0.05) is 0 Å². The number of hydrogen-bond acceptors (Lipinski definition) is 2. The van der Waals surface area contributed by atoms with Gasteiger partial charge in [0.1, 0.15) is 0 Å². The second-order valence-corrected chi connectivity index (χ2v) is 3.87. The van der Waals surface area contributed by atoms with Crippen LogP contribution in [0.4, 0.5) is 0 Å². The molecule has 0 spiro atoms. The van der Waals surface area contributed by atoms with Gasteiger partial charge in [-0.05, 0) is 29.9 Å². The zero-order valence-corrected chi connectivity index (χ0v) is 8.99. The predicted octanol–water partition coefficient (Wildman–Crippen LogP) is 2.63. The molecule has 0 unspecified atom stereocenters. The van der Waals surface area contributed by atoms with Crippen LogP contribution in [0.1, 0.15) is 37.3 Å². The first-order valence-electron chi connectivity index (χ1n) is 5.14. The summed E-state index contributed by atoms with van der Waals surface area (Å²) in [6.07, 6.45) is 2.02. The van der Waals surface area contributed by atoms with Gasteiger partial charge in [0.15, 0.2) is 0 Å². The summed E-state index contributed by atoms with van der Waals surface area (Å²) in [5.74, 6) is 5.56. The van der Waals surface area contributed by atoms with Crippen LogP contribution in [0.3, 0.4) is 0 Å². The van der Waals surface area contributed by atoms with E-state index in [9.17, 15) is 0 Å². The number of benzene rings is 1. The van der Waals surface area contributed by atoms with Crippen molar-refractivity contribution in [1.82, 2.24) is 0 Å². The summed E-state index contributed by atoms with van der Waals surface area (Å²) < 4.78 is 0. The summed E-state index contributed by atoms with van der Waals surface area (Å²) >= 11 is 0. The van der Waals surface area contributed by atoms with E-state index in [1.165, 1.54) is 11.1 Å². The van der Waals surface area contributed by atoms with Crippen LogP contribution in [0.15, 0.2) is 24.3 Å². The highest BCUT2D eigenvalue weighted by molar-refractivity contribution is 5.24. The Morgan fingerprint density at radius 2 is 1.86 bits per heavy atom. The van der Waals surface area contributed by atoms with Crippen molar-refractivity contribution in [2.24, 2.45) is 5.90 Å². The third-order valence-corrected chi connectivity index (χ3v) is 2.37. The Bertz CT molecular complexity index is 254. The Labute approximate surface area is 86.0 Å². The number of hydrogen-bond donors (Lipinski definition) is 1. The van der Waals surface area contributed by atoms with Gasteiger partial charge >= 0.3 is 0 Å². The highest BCUT2D eigenvalue weighted by Gasteiger charge is 1.98. The van der Waals surface area contributed by atoms with Crippen LogP contribution >= 0.6 is 0 Å². The van der Waals surface area contributed by atoms with Crippen LogP contribution < -0.4 is 5.90 Å². The molecule has 0 radical (unpaired) electrons. The van der Waals surface area contributed by atoms with Crippen LogP contribution in [0, 0.1) is 0 Å². The van der Waals surface area contributed by atoms with Gasteiger partial charge in [-0.15, -0.1) is 0 Å². The molecular weight excluding hydrogens is 174 g/mol. The number of rotatable bonds is 5. The maximum absolute atomic E-state index is 4.96. The topological polar surface area (TPSA) is 35.2 Å². The van der Waals surface area contributed by atoms with E-state index in [1.54, 1.807) is 0 Å². The van der Waals surface area contributed by atoms with E-state index >= 15 is 0 Å². The largest absolute Gasteiger partial charge is 0.305 e. The third kappa shape index (κ3) is 3.48. The molecule has 0 fully saturated rings. The fraction of sp³-hybridized carbons (Fsp3) is 0.500. The lowest BCUT2D eigenvalue weighted by molar-refractivity contribution is 0.135. The lowest BCUT2D eigenvalue weighted by Gasteiger charge is -2.06. The van der Waals surface area contributed by atoms with Gasteiger partial charge in [-0.25, -0.2) is 5.90 Å². The van der Waals surface area contributed by atoms with Gasteiger partial charge < -0.3 is 4.84 Å². The van der Waals surface area contributed by atoms with E-state index in [0.717, 1.165) is 12.8 Å². The maximum Gasteiger partial charge on any atom is 0.0682 e. The molecule has 0 saturated heterocycles. The molecule has 0 saturated carbocycles. The smallest absolute Gasteiger partial charge is 0.0682 e. The van der Waals surface area contributed by atoms with Gasteiger partial charge in [-0.1, -0.05) is 38.1 Å². The van der Waals surface area contributed by atoms with Crippen LogP contribution in [-0.4, -0.2) is 6.61 Å². The molecule has 0 aliphatic heterocycles. The highest BCUT2D eigenvalue weighted by atomic mass is 16.6. The van der Waals surface area contributed by atoms with Crippen molar-refractivity contribution in [3.8, 4) is 0 Å². The number of nitrogens with two attached hydrogens (primary N) is 1. The molecule has 1 rings (SSSR count). The SMILES string of the molecule is CC(C)c1ccc(CCCON)cc1. The molecule has 78 valence electrons. The van der Waals surface area contributed by atoms with E-state index in [1.807, 2.05) is 0 Å². The second kappa shape index (κ2) is 5.78. The zero-order chi connectivity index (χ0) is 10.4. The van der Waals surface area contributed by atoms with Crippen LogP contribution in [-0.2, 0) is 11.3 Å².